The summed E-state index contributed by atoms with van der Waals surface area (Å²) >= 11 is 0.419. The molecule has 0 amide bonds. The summed E-state index contributed by atoms with van der Waals surface area (Å²) in [4.78, 5) is 0. The van der Waals surface area contributed by atoms with Crippen LogP contribution in [0, 0.1) is 0 Å². The van der Waals surface area contributed by atoms with Crippen molar-refractivity contribution >= 4 is 30.2 Å². The zero-order valence-corrected chi connectivity index (χ0v) is 9.84. The molecule has 0 aromatic heterocycles. The summed E-state index contributed by atoms with van der Waals surface area (Å²) in [5, 5.41) is 0. The van der Waals surface area contributed by atoms with E-state index in [1.807, 2.05) is 6.07 Å². The summed E-state index contributed by atoms with van der Waals surface area (Å²) in [6.07, 6.45) is 2.33. The third-order valence-electron chi connectivity index (χ3n) is 2.09. The van der Waals surface area contributed by atoms with Gasteiger partial charge in [0.1, 0.15) is 0 Å². The first kappa shape index (κ1) is 9.44. The Morgan fingerprint density at radius 2 is 2.08 bits per heavy atom. The van der Waals surface area contributed by atoms with Crippen molar-refractivity contribution in [3.8, 4) is 0 Å². The maximum absolute atomic E-state index is 11.5. The van der Waals surface area contributed by atoms with E-state index in [9.17, 15) is 4.21 Å². The molecule has 1 aliphatic rings. The van der Waals surface area contributed by atoms with E-state index in [0.29, 0.717) is 19.1 Å². The van der Waals surface area contributed by atoms with E-state index in [4.69, 9.17) is 0 Å². The van der Waals surface area contributed by atoms with Gasteiger partial charge in [-0.2, -0.15) is 0 Å². The van der Waals surface area contributed by atoms with Gasteiger partial charge in [-0.3, -0.25) is 0 Å². The van der Waals surface area contributed by atoms with Crippen molar-refractivity contribution in [1.82, 2.24) is 0 Å². The Hall–Kier alpha value is -0.111. The molecule has 2 unspecified atom stereocenters. The Labute approximate surface area is 87.5 Å². The van der Waals surface area contributed by atoms with Crippen LogP contribution in [-0.4, -0.2) is 29.1 Å². The zero-order chi connectivity index (χ0) is 9.10. The molecule has 0 bridgehead atoms. The molecule has 1 saturated heterocycles. The van der Waals surface area contributed by atoms with E-state index in [1.165, 1.54) is 10.9 Å². The first-order valence-corrected chi connectivity index (χ1v) is 7.68. The first-order chi connectivity index (χ1) is 6.36. The number of hydrogen-bond acceptors (Lipinski definition) is 1. The molecule has 0 aliphatic carbocycles. The van der Waals surface area contributed by atoms with Gasteiger partial charge in [-0.05, 0) is 0 Å². The molecule has 1 nitrogen and oxygen atoms in total. The van der Waals surface area contributed by atoms with Crippen molar-refractivity contribution in [2.75, 3.05) is 5.75 Å². The number of benzene rings is 1. The maximum atomic E-state index is 11.5. The molecule has 2 rings (SSSR count). The van der Waals surface area contributed by atoms with Crippen LogP contribution in [0.4, 0.5) is 0 Å². The molecular formula is C10H12OSSe. The van der Waals surface area contributed by atoms with Crippen molar-refractivity contribution in [3.63, 3.8) is 0 Å². The number of rotatable bonds is 2. The van der Waals surface area contributed by atoms with Crippen LogP contribution < -0.4 is 4.46 Å². The summed E-state index contributed by atoms with van der Waals surface area (Å²) in [6, 6.07) is 10.5. The molecule has 1 fully saturated rings. The van der Waals surface area contributed by atoms with Crippen molar-refractivity contribution in [1.29, 1.82) is 0 Å². The molecule has 2 atom stereocenters. The average Bonchev–Trinajstić information content (AvgIpc) is 2.54. The Kier molecular flexibility index (Phi) is 3.20. The van der Waals surface area contributed by atoms with Crippen LogP contribution in [0.5, 0.6) is 0 Å². The van der Waals surface area contributed by atoms with Gasteiger partial charge in [0.05, 0.1) is 0 Å². The monoisotopic (exact) mass is 260 g/mol. The first-order valence-electron chi connectivity index (χ1n) is 4.45. The van der Waals surface area contributed by atoms with Crippen molar-refractivity contribution in [3.05, 3.63) is 30.3 Å². The Morgan fingerprint density at radius 1 is 1.31 bits per heavy atom. The third kappa shape index (κ3) is 2.43. The van der Waals surface area contributed by atoms with Crippen LogP contribution in [0.2, 0.25) is 0 Å². The van der Waals surface area contributed by atoms with E-state index in [-0.39, 0.29) is 0 Å². The van der Waals surface area contributed by atoms with Gasteiger partial charge in [0, 0.05) is 0 Å². The van der Waals surface area contributed by atoms with Gasteiger partial charge < -0.3 is 0 Å². The predicted octanol–water partition coefficient (Wildman–Crippen LogP) is 0.885. The average molecular weight is 259 g/mol. The Balaban J connectivity index is 2.02. The van der Waals surface area contributed by atoms with E-state index >= 15 is 0 Å². The van der Waals surface area contributed by atoms with Crippen LogP contribution in [0.3, 0.4) is 0 Å². The molecule has 0 radical (unpaired) electrons. The minimum absolute atomic E-state index is 0.419. The summed E-state index contributed by atoms with van der Waals surface area (Å²) < 4.78 is 13.4. The second-order valence-electron chi connectivity index (χ2n) is 3.09. The summed E-state index contributed by atoms with van der Waals surface area (Å²) in [7, 11) is -0.533. The van der Waals surface area contributed by atoms with Gasteiger partial charge in [0.15, 0.2) is 0 Å². The molecular weight excluding hydrogens is 247 g/mol. The number of hydrogen-bond donors (Lipinski definition) is 0. The predicted molar refractivity (Wildman–Crippen MR) is 57.9 cm³/mol. The second kappa shape index (κ2) is 4.41. The van der Waals surface area contributed by atoms with E-state index in [2.05, 4.69) is 24.3 Å². The molecule has 13 heavy (non-hydrogen) atoms. The van der Waals surface area contributed by atoms with Crippen molar-refractivity contribution in [2.24, 2.45) is 0 Å². The van der Waals surface area contributed by atoms with Crippen LogP contribution >= 0.6 is 0 Å². The topological polar surface area (TPSA) is 17.1 Å². The molecule has 70 valence electrons. The zero-order valence-electron chi connectivity index (χ0n) is 7.31. The van der Waals surface area contributed by atoms with Crippen LogP contribution in [0.25, 0.3) is 0 Å². The molecule has 1 aromatic carbocycles. The summed E-state index contributed by atoms with van der Waals surface area (Å²) in [5.74, 6) is 0.930. The SMILES string of the molecule is O=S1CCCC1[Se]c1ccccc1. The fraction of sp³-hybridized carbons (Fsp3) is 0.400. The van der Waals surface area contributed by atoms with Gasteiger partial charge in [-0.1, -0.05) is 0 Å². The van der Waals surface area contributed by atoms with Gasteiger partial charge in [0.25, 0.3) is 0 Å². The van der Waals surface area contributed by atoms with Crippen LogP contribution in [0.1, 0.15) is 12.8 Å². The Bertz CT molecular complexity index is 299. The van der Waals surface area contributed by atoms with Gasteiger partial charge >= 0.3 is 87.5 Å². The van der Waals surface area contributed by atoms with Gasteiger partial charge in [-0.25, -0.2) is 0 Å². The normalized spacial score (nSPS) is 27.7. The Morgan fingerprint density at radius 3 is 2.69 bits per heavy atom. The standard InChI is InChI=1S/C10H12OSSe/c11-12-8-4-7-10(12)13-9-5-2-1-3-6-9/h1-3,5-6,10H,4,7-8H2. The minimum atomic E-state index is -0.533. The summed E-state index contributed by atoms with van der Waals surface area (Å²) in [6.45, 7) is 0. The quantitative estimate of drug-likeness (QED) is 0.721. The second-order valence-corrected chi connectivity index (χ2v) is 8.18. The fourth-order valence-electron chi connectivity index (χ4n) is 1.42. The summed E-state index contributed by atoms with van der Waals surface area (Å²) in [5.41, 5.74) is 0. The molecule has 1 heterocycles. The third-order valence-corrected chi connectivity index (χ3v) is 7.64. The van der Waals surface area contributed by atoms with E-state index in [0.717, 1.165) is 12.2 Å². The van der Waals surface area contributed by atoms with Crippen molar-refractivity contribution < 1.29 is 4.21 Å². The van der Waals surface area contributed by atoms with Crippen LogP contribution in [0.15, 0.2) is 30.3 Å². The molecule has 0 N–H and O–H groups in total. The van der Waals surface area contributed by atoms with Gasteiger partial charge in [-0.15, -0.1) is 0 Å². The van der Waals surface area contributed by atoms with E-state index < -0.39 is 10.8 Å². The molecule has 1 aromatic rings. The van der Waals surface area contributed by atoms with E-state index in [1.54, 1.807) is 0 Å². The fourth-order valence-corrected chi connectivity index (χ4v) is 6.42. The van der Waals surface area contributed by atoms with Crippen molar-refractivity contribution in [2.45, 2.75) is 17.0 Å². The molecule has 3 heteroatoms. The molecule has 0 saturated carbocycles. The van der Waals surface area contributed by atoms with Crippen LogP contribution in [-0.2, 0) is 10.8 Å². The molecule has 1 aliphatic heterocycles. The van der Waals surface area contributed by atoms with Gasteiger partial charge in [0.2, 0.25) is 0 Å². The molecule has 0 spiro atoms.